The quantitative estimate of drug-likeness (QED) is 0.643. The monoisotopic (exact) mass is 329 g/mol. The van der Waals surface area contributed by atoms with E-state index < -0.39 is 0 Å². The van der Waals surface area contributed by atoms with Crippen molar-refractivity contribution in [3.8, 4) is 0 Å². The third-order valence-corrected chi connectivity index (χ3v) is 4.85. The number of nitrogens with one attached hydrogen (secondary N) is 2. The lowest BCUT2D eigenvalue weighted by Crippen LogP contribution is -2.51. The van der Waals surface area contributed by atoms with Crippen molar-refractivity contribution in [1.29, 1.82) is 0 Å². The van der Waals surface area contributed by atoms with Gasteiger partial charge in [0.2, 0.25) is 5.91 Å². The van der Waals surface area contributed by atoms with Crippen LogP contribution in [0.1, 0.15) is 31.9 Å². The summed E-state index contributed by atoms with van der Waals surface area (Å²) >= 11 is 0. The third-order valence-electron chi connectivity index (χ3n) is 4.85. The summed E-state index contributed by atoms with van der Waals surface area (Å²) in [4.78, 5) is 23.1. The van der Waals surface area contributed by atoms with Gasteiger partial charge in [0, 0.05) is 62.9 Å². The number of piperidine rings is 1. The number of rotatable bonds is 4. The maximum atomic E-state index is 11.7. The first kappa shape index (κ1) is 16.7. The number of hydrogen-bond donors (Lipinski definition) is 2. The molecule has 2 N–H and O–H groups in total. The van der Waals surface area contributed by atoms with Crippen LogP contribution in [0, 0.1) is 5.41 Å². The van der Waals surface area contributed by atoms with E-state index in [9.17, 15) is 4.79 Å². The summed E-state index contributed by atoms with van der Waals surface area (Å²) in [6.07, 6.45) is 5.55. The van der Waals surface area contributed by atoms with Crippen molar-refractivity contribution >= 4 is 11.9 Å². The predicted molar refractivity (Wildman–Crippen MR) is 94.8 cm³/mol. The van der Waals surface area contributed by atoms with E-state index in [0.29, 0.717) is 6.42 Å². The fourth-order valence-corrected chi connectivity index (χ4v) is 3.68. The minimum atomic E-state index is 0.0898. The molecule has 0 aromatic carbocycles. The summed E-state index contributed by atoms with van der Waals surface area (Å²) < 4.78 is 0. The summed E-state index contributed by atoms with van der Waals surface area (Å²) in [6, 6.07) is 5.98. The normalized spacial score (nSPS) is 24.3. The molecule has 1 unspecified atom stereocenters. The Morgan fingerprint density at radius 2 is 2.42 bits per heavy atom. The molecule has 1 spiro atoms. The van der Waals surface area contributed by atoms with Crippen molar-refractivity contribution < 1.29 is 4.79 Å². The number of aromatic nitrogens is 1. The summed E-state index contributed by atoms with van der Waals surface area (Å²) in [5.74, 6) is 1.15. The van der Waals surface area contributed by atoms with Crippen LogP contribution in [0.3, 0.4) is 0 Å². The van der Waals surface area contributed by atoms with Crippen LogP contribution in [-0.2, 0) is 11.2 Å². The largest absolute Gasteiger partial charge is 0.357 e. The average molecular weight is 329 g/mol. The molecule has 130 valence electrons. The zero-order chi connectivity index (χ0) is 16.8. The van der Waals surface area contributed by atoms with Crippen LogP contribution >= 0.6 is 0 Å². The van der Waals surface area contributed by atoms with E-state index in [1.165, 1.54) is 0 Å². The number of nitrogens with zero attached hydrogens (tertiary/aromatic N) is 3. The van der Waals surface area contributed by atoms with Gasteiger partial charge in [0.15, 0.2) is 5.96 Å². The van der Waals surface area contributed by atoms with Gasteiger partial charge >= 0.3 is 0 Å². The second-order valence-electron chi connectivity index (χ2n) is 6.79. The second-order valence-corrected chi connectivity index (χ2v) is 6.79. The number of pyridine rings is 1. The van der Waals surface area contributed by atoms with Crippen molar-refractivity contribution in [1.82, 2.24) is 20.5 Å². The first-order valence-electron chi connectivity index (χ1n) is 8.91. The maximum absolute atomic E-state index is 11.7. The highest BCUT2D eigenvalue weighted by Crippen LogP contribution is 2.35. The van der Waals surface area contributed by atoms with Crippen LogP contribution in [-0.4, -0.2) is 54.5 Å². The molecular formula is C18H27N5O. The lowest BCUT2D eigenvalue weighted by Gasteiger charge is -2.40. The Morgan fingerprint density at radius 3 is 3.12 bits per heavy atom. The molecule has 0 aliphatic carbocycles. The highest BCUT2D eigenvalue weighted by Gasteiger charge is 2.42. The van der Waals surface area contributed by atoms with Crippen molar-refractivity contribution in [3.05, 3.63) is 30.1 Å². The standard InChI is InChI=1S/C18H27N5O/c1-2-19-17(21-10-7-15-6-3-4-9-20-15)23-11-5-8-18(14-23)12-16(24)22-13-18/h3-4,6,9H,2,5,7-8,10-14H2,1H3,(H,19,21)(H,22,24). The highest BCUT2D eigenvalue weighted by molar-refractivity contribution is 5.81. The fourth-order valence-electron chi connectivity index (χ4n) is 3.68. The van der Waals surface area contributed by atoms with E-state index >= 15 is 0 Å². The lowest BCUT2D eigenvalue weighted by atomic mass is 9.79. The molecule has 6 nitrogen and oxygen atoms in total. The van der Waals surface area contributed by atoms with Crippen molar-refractivity contribution in [3.63, 3.8) is 0 Å². The Morgan fingerprint density at radius 1 is 1.50 bits per heavy atom. The Labute approximate surface area is 143 Å². The Hall–Kier alpha value is -2.11. The van der Waals surface area contributed by atoms with Crippen molar-refractivity contribution in [2.45, 2.75) is 32.6 Å². The van der Waals surface area contributed by atoms with Gasteiger partial charge in [0.1, 0.15) is 0 Å². The Kier molecular flexibility index (Phi) is 5.33. The Balaban J connectivity index is 1.63. The van der Waals surface area contributed by atoms with Gasteiger partial charge < -0.3 is 15.5 Å². The van der Waals surface area contributed by atoms with Gasteiger partial charge in [-0.3, -0.25) is 14.8 Å². The van der Waals surface area contributed by atoms with Crippen LogP contribution in [0.25, 0.3) is 0 Å². The summed E-state index contributed by atoms with van der Waals surface area (Å²) in [6.45, 7) is 6.37. The number of amides is 1. The molecule has 0 saturated carbocycles. The van der Waals surface area contributed by atoms with Gasteiger partial charge in [-0.2, -0.15) is 0 Å². The van der Waals surface area contributed by atoms with Crippen LogP contribution < -0.4 is 10.6 Å². The Bertz CT molecular complexity index is 588. The zero-order valence-electron chi connectivity index (χ0n) is 14.4. The van der Waals surface area contributed by atoms with Gasteiger partial charge in [-0.1, -0.05) is 6.07 Å². The number of aliphatic imine (C=N–C) groups is 1. The smallest absolute Gasteiger partial charge is 0.220 e. The minimum absolute atomic E-state index is 0.0898. The molecule has 24 heavy (non-hydrogen) atoms. The van der Waals surface area contributed by atoms with Gasteiger partial charge in [0.05, 0.1) is 0 Å². The van der Waals surface area contributed by atoms with Crippen LogP contribution in [0.5, 0.6) is 0 Å². The van der Waals surface area contributed by atoms with Crippen LogP contribution in [0.15, 0.2) is 29.4 Å². The van der Waals surface area contributed by atoms with Crippen molar-refractivity contribution in [2.75, 3.05) is 32.7 Å². The first-order valence-corrected chi connectivity index (χ1v) is 8.91. The van der Waals surface area contributed by atoms with Crippen LogP contribution in [0.2, 0.25) is 0 Å². The van der Waals surface area contributed by atoms with E-state index in [2.05, 4.69) is 27.4 Å². The van der Waals surface area contributed by atoms with Crippen LogP contribution in [0.4, 0.5) is 0 Å². The molecule has 6 heteroatoms. The molecule has 1 atom stereocenters. The van der Waals surface area contributed by atoms with Gasteiger partial charge in [0.25, 0.3) is 0 Å². The van der Waals surface area contributed by atoms with E-state index in [4.69, 9.17) is 4.99 Å². The van der Waals surface area contributed by atoms with Gasteiger partial charge in [-0.25, -0.2) is 0 Å². The SMILES string of the molecule is CCNC(=NCCc1ccccn1)N1CCCC2(CNC(=O)C2)C1. The average Bonchev–Trinajstić information content (AvgIpc) is 2.95. The molecular weight excluding hydrogens is 302 g/mol. The number of likely N-dealkylation sites (tertiary alicyclic amines) is 1. The molecule has 3 rings (SSSR count). The molecule has 1 amide bonds. The molecule has 2 aliphatic rings. The first-order chi connectivity index (χ1) is 11.7. The van der Waals surface area contributed by atoms with E-state index in [1.807, 2.05) is 24.4 Å². The molecule has 0 bridgehead atoms. The molecule has 1 aromatic heterocycles. The molecule has 2 fully saturated rings. The number of hydrogen-bond acceptors (Lipinski definition) is 3. The van der Waals surface area contributed by atoms with Crippen molar-refractivity contribution in [2.24, 2.45) is 10.4 Å². The van der Waals surface area contributed by atoms with E-state index in [-0.39, 0.29) is 11.3 Å². The maximum Gasteiger partial charge on any atom is 0.220 e. The predicted octanol–water partition coefficient (Wildman–Crippen LogP) is 1.19. The third kappa shape index (κ3) is 4.04. The molecule has 3 heterocycles. The lowest BCUT2D eigenvalue weighted by molar-refractivity contribution is -0.119. The van der Waals surface area contributed by atoms with E-state index in [0.717, 1.165) is 63.6 Å². The van der Waals surface area contributed by atoms with Gasteiger partial charge in [-0.15, -0.1) is 0 Å². The summed E-state index contributed by atoms with van der Waals surface area (Å²) in [5, 5.41) is 6.41. The van der Waals surface area contributed by atoms with Gasteiger partial charge in [-0.05, 0) is 31.9 Å². The highest BCUT2D eigenvalue weighted by atomic mass is 16.1. The summed E-state index contributed by atoms with van der Waals surface area (Å²) in [5.41, 5.74) is 1.16. The molecule has 1 aromatic rings. The topological polar surface area (TPSA) is 69.6 Å². The molecule has 2 aliphatic heterocycles. The zero-order valence-corrected chi connectivity index (χ0v) is 14.4. The minimum Gasteiger partial charge on any atom is -0.357 e. The van der Waals surface area contributed by atoms with E-state index in [1.54, 1.807) is 0 Å². The summed E-state index contributed by atoms with van der Waals surface area (Å²) in [7, 11) is 0. The second kappa shape index (κ2) is 7.64. The molecule has 2 saturated heterocycles. The molecule has 0 radical (unpaired) electrons. The number of guanidine groups is 1. The fraction of sp³-hybridized carbons (Fsp3) is 0.611. The number of carbonyl (C=O) groups excluding carboxylic acids is 1. The number of carbonyl (C=O) groups is 1.